The molecule has 2 unspecified atom stereocenters. The molecule has 2 atom stereocenters. The van der Waals surface area contributed by atoms with Gasteiger partial charge in [0.1, 0.15) is 54.3 Å². The summed E-state index contributed by atoms with van der Waals surface area (Å²) >= 11 is 0. The van der Waals surface area contributed by atoms with Crippen LogP contribution in [-0.2, 0) is 48.6 Å². The summed E-state index contributed by atoms with van der Waals surface area (Å²) in [7, 11) is -0.695. The van der Waals surface area contributed by atoms with Gasteiger partial charge in [0.25, 0.3) is 0 Å². The number of nitrogens with zero attached hydrogens (tertiary/aromatic N) is 8. The van der Waals surface area contributed by atoms with E-state index in [1.54, 1.807) is 0 Å². The van der Waals surface area contributed by atoms with Crippen molar-refractivity contribution in [2.45, 2.75) is 38.3 Å². The number of aromatic nitrogens is 4. The molecule has 0 fully saturated rings. The maximum atomic E-state index is 14.2. The van der Waals surface area contributed by atoms with Gasteiger partial charge in [-0.1, -0.05) is 19.1 Å². The average molecular weight is 893 g/mol. The van der Waals surface area contributed by atoms with E-state index in [4.69, 9.17) is 4.74 Å². The van der Waals surface area contributed by atoms with E-state index in [-0.39, 0.29) is 39.9 Å². The highest BCUT2D eigenvalue weighted by molar-refractivity contribution is 7.94. The number of ether oxygens (including phenoxy) is 1. The van der Waals surface area contributed by atoms with Crippen molar-refractivity contribution in [3.05, 3.63) is 126 Å². The number of amides is 4. The summed E-state index contributed by atoms with van der Waals surface area (Å²) in [5, 5.41) is 4.98. The number of anilines is 4. The van der Waals surface area contributed by atoms with Crippen LogP contribution in [-0.4, -0.2) is 98.4 Å². The average Bonchev–Trinajstić information content (AvgIpc) is 3.45. The van der Waals surface area contributed by atoms with Crippen LogP contribution in [0.3, 0.4) is 0 Å². The summed E-state index contributed by atoms with van der Waals surface area (Å²) in [6.07, 6.45) is 4.99. The van der Waals surface area contributed by atoms with E-state index >= 15 is 0 Å². The summed E-state index contributed by atoms with van der Waals surface area (Å²) in [6, 6.07) is 7.91. The Bertz CT molecular complexity index is 2420. The van der Waals surface area contributed by atoms with E-state index < -0.39 is 95.1 Å². The lowest BCUT2D eigenvalue weighted by molar-refractivity contribution is -0.126. The number of aryl methyl sites for hydroxylation is 1. The van der Waals surface area contributed by atoms with E-state index in [0.717, 1.165) is 34.1 Å². The maximum absolute atomic E-state index is 14.2. The van der Waals surface area contributed by atoms with Crippen molar-refractivity contribution in [2.75, 3.05) is 52.7 Å². The number of carbonyl (C=O) groups excluding carboxylic acids is 4. The number of fused-ring (bicyclic) bond motifs is 1. The van der Waals surface area contributed by atoms with Crippen LogP contribution in [0, 0.1) is 23.3 Å². The molecule has 22 heteroatoms. The molecule has 0 radical (unpaired) electrons. The van der Waals surface area contributed by atoms with E-state index in [1.807, 2.05) is 6.92 Å². The number of para-hydroxylation sites is 2. The Labute approximate surface area is 358 Å². The fourth-order valence-corrected chi connectivity index (χ4v) is 8.28. The fourth-order valence-electron chi connectivity index (χ4n) is 6.67. The molecule has 5 aromatic rings. The lowest BCUT2D eigenvalue weighted by Crippen LogP contribution is -2.53. The first-order valence-electron chi connectivity index (χ1n) is 19.1. The number of likely N-dealkylation sites (N-methyl/N-ethyl adjacent to an activating group) is 2. The second-order valence-corrected chi connectivity index (χ2v) is 15.9. The van der Waals surface area contributed by atoms with Gasteiger partial charge in [0, 0.05) is 45.5 Å². The number of hydrogen-bond donors (Lipinski definition) is 2. The topological polar surface area (TPSA) is 200 Å². The van der Waals surface area contributed by atoms with Gasteiger partial charge in [0.05, 0.1) is 54.6 Å². The highest BCUT2D eigenvalue weighted by Gasteiger charge is 2.43. The van der Waals surface area contributed by atoms with Gasteiger partial charge >= 0.3 is 16.2 Å². The Morgan fingerprint density at radius 1 is 0.667 bits per heavy atom. The fraction of sp³-hybridized carbons (Fsp3) is 0.268. The molecule has 17 nitrogen and oxygen atoms in total. The van der Waals surface area contributed by atoms with Crippen molar-refractivity contribution in [1.82, 2.24) is 30.6 Å². The summed E-state index contributed by atoms with van der Waals surface area (Å²) in [5.41, 5.74) is 0.351. The Balaban J connectivity index is 1.23. The minimum Gasteiger partial charge on any atom is -0.467 e. The van der Waals surface area contributed by atoms with Crippen LogP contribution < -0.4 is 33.8 Å². The number of benzene rings is 3. The minimum absolute atomic E-state index is 0.00351. The molecule has 3 heterocycles. The first-order valence-corrected chi connectivity index (χ1v) is 20.5. The van der Waals surface area contributed by atoms with Gasteiger partial charge in [0.15, 0.2) is 0 Å². The first kappa shape index (κ1) is 45.3. The lowest BCUT2D eigenvalue weighted by Gasteiger charge is -2.27. The van der Waals surface area contributed by atoms with Crippen LogP contribution in [0.4, 0.5) is 40.3 Å². The van der Waals surface area contributed by atoms with Crippen LogP contribution in [0.25, 0.3) is 0 Å². The van der Waals surface area contributed by atoms with Gasteiger partial charge in [-0.15, -0.1) is 0 Å². The van der Waals surface area contributed by atoms with Crippen molar-refractivity contribution < 1.29 is 49.9 Å². The van der Waals surface area contributed by atoms with E-state index in [2.05, 4.69) is 30.6 Å². The van der Waals surface area contributed by atoms with Gasteiger partial charge < -0.3 is 25.2 Å². The molecule has 3 aromatic carbocycles. The SMILES string of the molecule is CCc1ncc(N(C)C(=O)C(Cc2cc(F)cc(F)c2)NC(=O)CN2c3ccccc3N(CC(=O)NC(Cc3cc(F)cc(F)c3)C(=O)N(C)c3cnc(OC)nc3)S2(=O)=O)cn1. The van der Waals surface area contributed by atoms with E-state index in [1.165, 1.54) is 70.3 Å². The van der Waals surface area contributed by atoms with Crippen molar-refractivity contribution >= 4 is 56.6 Å². The third-order valence-electron chi connectivity index (χ3n) is 9.78. The second-order valence-electron chi connectivity index (χ2n) is 14.1. The van der Waals surface area contributed by atoms with Crippen LogP contribution >= 0.6 is 0 Å². The van der Waals surface area contributed by atoms with Crippen molar-refractivity contribution in [1.29, 1.82) is 0 Å². The van der Waals surface area contributed by atoms with Crippen LogP contribution in [0.1, 0.15) is 23.9 Å². The molecule has 63 heavy (non-hydrogen) atoms. The third-order valence-corrected chi connectivity index (χ3v) is 11.5. The van der Waals surface area contributed by atoms with Gasteiger partial charge in [-0.2, -0.15) is 8.42 Å². The largest absolute Gasteiger partial charge is 0.467 e. The standard InChI is InChI=1S/C41H40F4N10O7S/c1-5-36-46-18-30(19-47-36)52(2)39(58)32(14-24-10-26(42)16-27(43)11-24)50-37(56)22-54-34-8-6-7-9-35(34)55(63(54,60)61)23-38(57)51-33(15-25-12-28(44)17-29(45)13-25)40(59)53(3)31-20-48-41(62-4)49-21-31/h6-13,16-21,32-33H,5,14-15,22-23H2,1-4H3,(H,50,56)(H,51,57). The molecule has 6 rings (SSSR count). The molecule has 0 bridgehead atoms. The van der Waals surface area contributed by atoms with Gasteiger partial charge in [0.2, 0.25) is 23.6 Å². The zero-order valence-corrected chi connectivity index (χ0v) is 34.9. The van der Waals surface area contributed by atoms with Gasteiger partial charge in [-0.05, 0) is 47.5 Å². The van der Waals surface area contributed by atoms with Crippen LogP contribution in [0.15, 0.2) is 85.5 Å². The number of nitrogens with one attached hydrogen (secondary N) is 2. The molecule has 0 aliphatic carbocycles. The van der Waals surface area contributed by atoms with Gasteiger partial charge in [-0.3, -0.25) is 19.2 Å². The first-order chi connectivity index (χ1) is 30.0. The van der Waals surface area contributed by atoms with Gasteiger partial charge in [-0.25, -0.2) is 46.1 Å². The Morgan fingerprint density at radius 3 is 1.41 bits per heavy atom. The predicted molar refractivity (Wildman–Crippen MR) is 221 cm³/mol. The normalized spacial score (nSPS) is 13.7. The number of methoxy groups -OCH3 is 1. The van der Waals surface area contributed by atoms with E-state index in [9.17, 15) is 45.2 Å². The number of hydrogen-bond acceptors (Lipinski definition) is 11. The molecule has 0 saturated heterocycles. The highest BCUT2D eigenvalue weighted by Crippen LogP contribution is 2.40. The second kappa shape index (κ2) is 19.2. The maximum Gasteiger partial charge on any atom is 0.327 e. The monoisotopic (exact) mass is 892 g/mol. The Hall–Kier alpha value is -7.23. The summed E-state index contributed by atoms with van der Waals surface area (Å²) in [5.74, 6) is -6.79. The molecular weight excluding hydrogens is 853 g/mol. The van der Waals surface area contributed by atoms with Crippen molar-refractivity contribution in [3.8, 4) is 6.01 Å². The van der Waals surface area contributed by atoms with Crippen LogP contribution in [0.2, 0.25) is 0 Å². The molecule has 0 spiro atoms. The lowest BCUT2D eigenvalue weighted by atomic mass is 10.0. The third kappa shape index (κ3) is 10.6. The quantitative estimate of drug-likeness (QED) is 0.138. The molecule has 2 N–H and O–H groups in total. The Morgan fingerprint density at radius 2 is 1.05 bits per heavy atom. The predicted octanol–water partition coefficient (Wildman–Crippen LogP) is 3.05. The number of rotatable bonds is 16. The molecule has 330 valence electrons. The minimum atomic E-state index is -4.75. The molecule has 1 aliphatic heterocycles. The number of carbonyl (C=O) groups is 4. The van der Waals surface area contributed by atoms with Crippen LogP contribution in [0.5, 0.6) is 6.01 Å². The summed E-state index contributed by atoms with van der Waals surface area (Å²) < 4.78 is 91.7. The zero-order chi connectivity index (χ0) is 45.6. The summed E-state index contributed by atoms with van der Waals surface area (Å²) in [6.45, 7) is -0.0107. The highest BCUT2D eigenvalue weighted by atomic mass is 32.2. The molecule has 0 saturated carbocycles. The number of halogens is 4. The molecule has 2 aromatic heterocycles. The van der Waals surface area contributed by atoms with E-state index in [0.29, 0.717) is 33.0 Å². The molecular formula is C41H40F4N10O7S. The molecule has 4 amide bonds. The zero-order valence-electron chi connectivity index (χ0n) is 34.1. The molecule has 1 aliphatic rings. The Kier molecular flexibility index (Phi) is 13.8. The summed E-state index contributed by atoms with van der Waals surface area (Å²) in [4.78, 5) is 73.8. The smallest absolute Gasteiger partial charge is 0.327 e. The van der Waals surface area contributed by atoms with Crippen molar-refractivity contribution in [2.24, 2.45) is 0 Å². The van der Waals surface area contributed by atoms with Crippen molar-refractivity contribution in [3.63, 3.8) is 0 Å².